The minimum Gasteiger partial charge on any atom is -0.490 e. The number of ether oxygens (including phenoxy) is 4. The Hall–Kier alpha value is -4.33. The summed E-state index contributed by atoms with van der Waals surface area (Å²) in [6, 6.07) is 16.1. The van der Waals surface area contributed by atoms with E-state index in [1.54, 1.807) is 30.3 Å². The van der Waals surface area contributed by atoms with Crippen LogP contribution in [0.2, 0.25) is 0 Å². The van der Waals surface area contributed by atoms with Crippen molar-refractivity contribution < 1.29 is 33.3 Å². The summed E-state index contributed by atoms with van der Waals surface area (Å²) in [6.07, 6.45) is 1.38. The molecular weight excluding hydrogens is 631 g/mol. The highest BCUT2D eigenvalue weighted by Gasteiger charge is 2.17. The molecular formula is C28H27IN4O7. The Kier molecular flexibility index (Phi) is 9.78. The largest absolute Gasteiger partial charge is 0.490 e. The molecule has 0 radical (unpaired) electrons. The summed E-state index contributed by atoms with van der Waals surface area (Å²) in [5, 5.41) is 9.19. The van der Waals surface area contributed by atoms with Crippen molar-refractivity contribution >= 4 is 52.2 Å². The van der Waals surface area contributed by atoms with Crippen LogP contribution in [0, 0.1) is 10.5 Å². The Labute approximate surface area is 244 Å². The first-order chi connectivity index (χ1) is 19.3. The lowest BCUT2D eigenvalue weighted by Gasteiger charge is -2.14. The van der Waals surface area contributed by atoms with Crippen LogP contribution in [0.1, 0.15) is 23.6 Å². The number of anilines is 1. The fraction of sp³-hybridized carbons (Fsp3) is 0.214. The SMILES string of the molecule is CCOc1cc(/C=N\NC(=O)C(=O)NCc2ccc3c(c2)OCO3)cc(I)c1OCC(=O)Nc1ccc(C)cc1. The number of hydrazone groups is 1. The van der Waals surface area contributed by atoms with E-state index in [0.717, 1.165) is 11.1 Å². The van der Waals surface area contributed by atoms with Crippen molar-refractivity contribution in [2.75, 3.05) is 25.3 Å². The minimum absolute atomic E-state index is 0.132. The van der Waals surface area contributed by atoms with E-state index >= 15 is 0 Å². The van der Waals surface area contributed by atoms with Crippen LogP contribution in [0.5, 0.6) is 23.0 Å². The second-order valence-corrected chi connectivity index (χ2v) is 9.70. The van der Waals surface area contributed by atoms with Crippen LogP contribution in [-0.4, -0.2) is 43.9 Å². The van der Waals surface area contributed by atoms with E-state index in [1.165, 1.54) is 6.21 Å². The van der Waals surface area contributed by atoms with Gasteiger partial charge in [0.25, 0.3) is 5.91 Å². The molecule has 3 amide bonds. The molecule has 0 fully saturated rings. The van der Waals surface area contributed by atoms with Crippen molar-refractivity contribution in [3.05, 3.63) is 74.9 Å². The second kappa shape index (κ2) is 13.6. The monoisotopic (exact) mass is 658 g/mol. The third-order valence-corrected chi connectivity index (χ3v) is 6.29. The number of nitrogens with one attached hydrogen (secondary N) is 3. The van der Waals surface area contributed by atoms with E-state index in [0.29, 0.717) is 44.4 Å². The van der Waals surface area contributed by atoms with Crippen molar-refractivity contribution in [3.8, 4) is 23.0 Å². The van der Waals surface area contributed by atoms with E-state index in [1.807, 2.05) is 38.1 Å². The summed E-state index contributed by atoms with van der Waals surface area (Å²) in [5.41, 5.74) is 5.31. The third-order valence-electron chi connectivity index (χ3n) is 5.49. The molecule has 208 valence electrons. The Morgan fingerprint density at radius 3 is 2.55 bits per heavy atom. The number of hydrogen-bond donors (Lipinski definition) is 3. The highest BCUT2D eigenvalue weighted by atomic mass is 127. The Morgan fingerprint density at radius 2 is 1.77 bits per heavy atom. The molecule has 1 aliphatic rings. The molecule has 0 aliphatic carbocycles. The molecule has 3 aromatic carbocycles. The normalized spacial score (nSPS) is 11.7. The molecule has 3 N–H and O–H groups in total. The first kappa shape index (κ1) is 28.7. The molecule has 0 saturated carbocycles. The van der Waals surface area contributed by atoms with Gasteiger partial charge >= 0.3 is 11.8 Å². The Balaban J connectivity index is 1.30. The van der Waals surface area contributed by atoms with Gasteiger partial charge < -0.3 is 29.6 Å². The lowest BCUT2D eigenvalue weighted by atomic mass is 10.2. The van der Waals surface area contributed by atoms with Gasteiger partial charge in [-0.25, -0.2) is 5.43 Å². The van der Waals surface area contributed by atoms with Crippen molar-refractivity contribution in [3.63, 3.8) is 0 Å². The maximum atomic E-state index is 12.4. The zero-order chi connectivity index (χ0) is 28.5. The Morgan fingerprint density at radius 1 is 1.00 bits per heavy atom. The number of halogens is 1. The minimum atomic E-state index is -0.920. The molecule has 0 spiro atoms. The average molecular weight is 658 g/mol. The summed E-state index contributed by atoms with van der Waals surface area (Å²) in [7, 11) is 0. The maximum Gasteiger partial charge on any atom is 0.329 e. The number of fused-ring (bicyclic) bond motifs is 1. The smallest absolute Gasteiger partial charge is 0.329 e. The van der Waals surface area contributed by atoms with Crippen molar-refractivity contribution in [1.82, 2.24) is 10.7 Å². The fourth-order valence-electron chi connectivity index (χ4n) is 3.57. The van der Waals surface area contributed by atoms with Crippen LogP contribution >= 0.6 is 22.6 Å². The quantitative estimate of drug-likeness (QED) is 0.131. The highest BCUT2D eigenvalue weighted by Crippen LogP contribution is 2.34. The van der Waals surface area contributed by atoms with Crippen LogP contribution in [0.15, 0.2) is 59.7 Å². The zero-order valence-corrected chi connectivity index (χ0v) is 23.9. The number of carbonyl (C=O) groups excluding carboxylic acids is 3. The van der Waals surface area contributed by atoms with E-state index < -0.39 is 11.8 Å². The molecule has 40 heavy (non-hydrogen) atoms. The van der Waals surface area contributed by atoms with Gasteiger partial charge in [0.1, 0.15) is 0 Å². The summed E-state index contributed by atoms with van der Waals surface area (Å²) >= 11 is 2.06. The van der Waals surface area contributed by atoms with Crippen molar-refractivity contribution in [1.29, 1.82) is 0 Å². The van der Waals surface area contributed by atoms with Gasteiger partial charge in [-0.3, -0.25) is 14.4 Å². The van der Waals surface area contributed by atoms with E-state index in [4.69, 9.17) is 18.9 Å². The number of nitrogens with zero attached hydrogens (tertiary/aromatic N) is 1. The van der Waals surface area contributed by atoms with Gasteiger partial charge in [-0.2, -0.15) is 5.10 Å². The van der Waals surface area contributed by atoms with Gasteiger partial charge in [0.15, 0.2) is 29.6 Å². The average Bonchev–Trinajstić information content (AvgIpc) is 3.40. The molecule has 1 aliphatic heterocycles. The predicted octanol–water partition coefficient (Wildman–Crippen LogP) is 3.51. The van der Waals surface area contributed by atoms with Gasteiger partial charge in [0.2, 0.25) is 6.79 Å². The van der Waals surface area contributed by atoms with Crippen LogP contribution in [0.25, 0.3) is 0 Å². The summed E-state index contributed by atoms with van der Waals surface area (Å²) in [5.74, 6) is -0.0377. The number of aryl methyl sites for hydroxylation is 1. The zero-order valence-electron chi connectivity index (χ0n) is 21.8. The molecule has 12 heteroatoms. The molecule has 4 rings (SSSR count). The number of benzene rings is 3. The highest BCUT2D eigenvalue weighted by molar-refractivity contribution is 14.1. The Bertz CT molecular complexity index is 1430. The topological polar surface area (TPSA) is 137 Å². The summed E-state index contributed by atoms with van der Waals surface area (Å²) in [6.45, 7) is 4.22. The molecule has 11 nitrogen and oxygen atoms in total. The van der Waals surface area contributed by atoms with Crippen LogP contribution in [0.3, 0.4) is 0 Å². The van der Waals surface area contributed by atoms with Gasteiger partial charge in [-0.15, -0.1) is 0 Å². The fourth-order valence-corrected chi connectivity index (χ4v) is 4.35. The molecule has 0 unspecified atom stereocenters. The van der Waals surface area contributed by atoms with Crippen molar-refractivity contribution in [2.45, 2.75) is 20.4 Å². The van der Waals surface area contributed by atoms with Gasteiger partial charge in [-0.05, 0) is 84.0 Å². The number of hydrogen-bond acceptors (Lipinski definition) is 8. The first-order valence-electron chi connectivity index (χ1n) is 12.3. The molecule has 1 heterocycles. The lowest BCUT2D eigenvalue weighted by Crippen LogP contribution is -2.37. The van der Waals surface area contributed by atoms with Crippen LogP contribution in [-0.2, 0) is 20.9 Å². The van der Waals surface area contributed by atoms with Gasteiger partial charge in [-0.1, -0.05) is 23.8 Å². The van der Waals surface area contributed by atoms with E-state index in [2.05, 4.69) is 43.8 Å². The van der Waals surface area contributed by atoms with Gasteiger partial charge in [0, 0.05) is 12.2 Å². The molecule has 0 saturated heterocycles. The van der Waals surface area contributed by atoms with Crippen LogP contribution in [0.4, 0.5) is 5.69 Å². The van der Waals surface area contributed by atoms with E-state index in [9.17, 15) is 14.4 Å². The molecule has 3 aromatic rings. The summed E-state index contributed by atoms with van der Waals surface area (Å²) < 4.78 is 22.7. The van der Waals surface area contributed by atoms with Crippen LogP contribution < -0.4 is 35.0 Å². The third kappa shape index (κ3) is 7.85. The first-order valence-corrected chi connectivity index (χ1v) is 13.4. The number of amides is 3. The second-order valence-electron chi connectivity index (χ2n) is 8.54. The number of rotatable bonds is 10. The summed E-state index contributed by atoms with van der Waals surface area (Å²) in [4.78, 5) is 36.7. The number of carbonyl (C=O) groups is 3. The molecule has 0 atom stereocenters. The lowest BCUT2D eigenvalue weighted by molar-refractivity contribution is -0.139. The van der Waals surface area contributed by atoms with Gasteiger partial charge in [0.05, 0.1) is 16.4 Å². The molecule has 0 bridgehead atoms. The maximum absolute atomic E-state index is 12.4. The standard InChI is InChI=1S/C28H27IN4O7/c1-3-37-24-12-19(10-21(29)26(24)38-15-25(34)32-20-7-4-17(2)5-8-20)14-31-33-28(36)27(35)30-13-18-6-9-22-23(11-18)40-16-39-22/h4-12,14H,3,13,15-16H2,1-2H3,(H,30,35)(H,32,34)(H,33,36)/b31-14-. The predicted molar refractivity (Wildman–Crippen MR) is 156 cm³/mol. The molecule has 0 aromatic heterocycles. The van der Waals surface area contributed by atoms with Crippen molar-refractivity contribution in [2.24, 2.45) is 5.10 Å². The van der Waals surface area contributed by atoms with E-state index in [-0.39, 0.29) is 25.9 Å².